The van der Waals surface area contributed by atoms with Gasteiger partial charge in [-0.3, -0.25) is 5.41 Å². The Bertz CT molecular complexity index is 140. The van der Waals surface area contributed by atoms with Gasteiger partial charge in [0.05, 0.1) is 5.54 Å². The van der Waals surface area contributed by atoms with Gasteiger partial charge in [0, 0.05) is 13.2 Å². The summed E-state index contributed by atoms with van der Waals surface area (Å²) in [6, 6.07) is 0. The van der Waals surface area contributed by atoms with Gasteiger partial charge in [-0.05, 0) is 12.8 Å². The molecule has 0 aromatic heterocycles. The number of hydrogen-bond acceptors (Lipinski definition) is 3. The predicted octanol–water partition coefficient (Wildman–Crippen LogP) is -0.570. The fraction of sp³-hybridized carbons (Fsp3) is 0.833. The standard InChI is InChI=1S/C6H13N3O/c7-5(8)6(9)1-3-10-4-2-6/h1-4,9H2,(H3,7,8). The van der Waals surface area contributed by atoms with Crippen LogP contribution in [0.4, 0.5) is 0 Å². The third kappa shape index (κ3) is 1.27. The highest BCUT2D eigenvalue weighted by atomic mass is 16.5. The average Bonchev–Trinajstić information content (AvgIpc) is 1.89. The summed E-state index contributed by atoms with van der Waals surface area (Å²) in [6.07, 6.45) is 1.34. The molecule has 0 amide bonds. The number of nitrogens with one attached hydrogen (secondary N) is 1. The first-order valence-electron chi connectivity index (χ1n) is 3.36. The predicted molar refractivity (Wildman–Crippen MR) is 38.9 cm³/mol. The molecule has 0 aliphatic carbocycles. The first-order chi connectivity index (χ1) is 4.65. The third-order valence-corrected chi connectivity index (χ3v) is 1.92. The minimum absolute atomic E-state index is 0.0794. The van der Waals surface area contributed by atoms with Crippen LogP contribution in [0.15, 0.2) is 0 Å². The van der Waals surface area contributed by atoms with Gasteiger partial charge in [-0.15, -0.1) is 0 Å². The van der Waals surface area contributed by atoms with E-state index in [1.54, 1.807) is 0 Å². The van der Waals surface area contributed by atoms with Crippen LogP contribution >= 0.6 is 0 Å². The van der Waals surface area contributed by atoms with Gasteiger partial charge in [0.15, 0.2) is 0 Å². The molecule has 1 saturated heterocycles. The summed E-state index contributed by atoms with van der Waals surface area (Å²) in [6.45, 7) is 1.24. The van der Waals surface area contributed by atoms with E-state index in [4.69, 9.17) is 21.6 Å². The minimum Gasteiger partial charge on any atom is -0.386 e. The van der Waals surface area contributed by atoms with E-state index in [1.807, 2.05) is 0 Å². The molecule has 0 bridgehead atoms. The Kier molecular flexibility index (Phi) is 1.92. The SMILES string of the molecule is N=C(N)C1(N)CCOCC1. The maximum Gasteiger partial charge on any atom is 0.111 e. The Hall–Kier alpha value is -0.610. The minimum atomic E-state index is -0.585. The normalized spacial score (nSPS) is 24.1. The van der Waals surface area contributed by atoms with E-state index in [-0.39, 0.29) is 5.84 Å². The summed E-state index contributed by atoms with van der Waals surface area (Å²) in [7, 11) is 0. The quantitative estimate of drug-likeness (QED) is 0.339. The summed E-state index contributed by atoms with van der Waals surface area (Å²) in [5.74, 6) is 0.0794. The van der Waals surface area contributed by atoms with Gasteiger partial charge in [0.25, 0.3) is 0 Å². The second-order valence-corrected chi connectivity index (χ2v) is 2.68. The summed E-state index contributed by atoms with van der Waals surface area (Å²) in [4.78, 5) is 0. The van der Waals surface area contributed by atoms with Crippen molar-refractivity contribution in [2.75, 3.05) is 13.2 Å². The lowest BCUT2D eigenvalue weighted by molar-refractivity contribution is 0.0726. The topological polar surface area (TPSA) is 85.1 Å². The number of rotatable bonds is 1. The van der Waals surface area contributed by atoms with Gasteiger partial charge in [-0.1, -0.05) is 0 Å². The molecule has 58 valence electrons. The zero-order chi connectivity index (χ0) is 7.61. The molecule has 5 N–H and O–H groups in total. The second-order valence-electron chi connectivity index (χ2n) is 2.68. The first kappa shape index (κ1) is 7.50. The van der Waals surface area contributed by atoms with Gasteiger partial charge in [-0.2, -0.15) is 0 Å². The zero-order valence-corrected chi connectivity index (χ0v) is 5.89. The molecular weight excluding hydrogens is 130 g/mol. The van der Waals surface area contributed by atoms with Crippen LogP contribution in [0.1, 0.15) is 12.8 Å². The largest absolute Gasteiger partial charge is 0.386 e. The van der Waals surface area contributed by atoms with Crippen LogP contribution in [0.25, 0.3) is 0 Å². The maximum atomic E-state index is 7.18. The van der Waals surface area contributed by atoms with Crippen molar-refractivity contribution in [3.8, 4) is 0 Å². The Morgan fingerprint density at radius 2 is 1.90 bits per heavy atom. The molecule has 1 rings (SSSR count). The Balaban J connectivity index is 2.56. The smallest absolute Gasteiger partial charge is 0.111 e. The number of ether oxygens (including phenoxy) is 1. The van der Waals surface area contributed by atoms with Gasteiger partial charge in [0.2, 0.25) is 0 Å². The molecular formula is C6H13N3O. The third-order valence-electron chi connectivity index (χ3n) is 1.92. The highest BCUT2D eigenvalue weighted by Crippen LogP contribution is 2.16. The lowest BCUT2D eigenvalue weighted by Crippen LogP contribution is -2.54. The molecule has 0 spiro atoms. The molecule has 0 unspecified atom stereocenters. The highest BCUT2D eigenvalue weighted by molar-refractivity contribution is 5.87. The number of hydrogen-bond donors (Lipinski definition) is 3. The summed E-state index contributed by atoms with van der Waals surface area (Å²) < 4.78 is 5.08. The van der Waals surface area contributed by atoms with E-state index in [0.717, 1.165) is 0 Å². The molecule has 1 aliphatic heterocycles. The van der Waals surface area contributed by atoms with Crippen LogP contribution in [-0.4, -0.2) is 24.6 Å². The summed E-state index contributed by atoms with van der Waals surface area (Å²) >= 11 is 0. The van der Waals surface area contributed by atoms with Crippen molar-refractivity contribution < 1.29 is 4.74 Å². The molecule has 1 fully saturated rings. The van der Waals surface area contributed by atoms with Crippen molar-refractivity contribution in [1.29, 1.82) is 5.41 Å². The van der Waals surface area contributed by atoms with Crippen LogP contribution in [0.2, 0.25) is 0 Å². The van der Waals surface area contributed by atoms with Crippen molar-refractivity contribution >= 4 is 5.84 Å². The van der Waals surface area contributed by atoms with Crippen molar-refractivity contribution in [3.63, 3.8) is 0 Å². The van der Waals surface area contributed by atoms with Crippen LogP contribution in [0.5, 0.6) is 0 Å². The second kappa shape index (κ2) is 2.56. The molecule has 10 heavy (non-hydrogen) atoms. The molecule has 4 nitrogen and oxygen atoms in total. The molecule has 4 heteroatoms. The molecule has 1 heterocycles. The van der Waals surface area contributed by atoms with Crippen molar-refractivity contribution in [3.05, 3.63) is 0 Å². The van der Waals surface area contributed by atoms with E-state index in [9.17, 15) is 0 Å². The van der Waals surface area contributed by atoms with Crippen LogP contribution in [-0.2, 0) is 4.74 Å². The van der Waals surface area contributed by atoms with E-state index in [2.05, 4.69) is 0 Å². The number of amidine groups is 1. The van der Waals surface area contributed by atoms with Crippen molar-refractivity contribution in [2.24, 2.45) is 11.5 Å². The molecule has 0 atom stereocenters. The zero-order valence-electron chi connectivity index (χ0n) is 5.89. The molecule has 1 aliphatic rings. The molecule has 0 aromatic carbocycles. The fourth-order valence-corrected chi connectivity index (χ4v) is 1.00. The van der Waals surface area contributed by atoms with Gasteiger partial charge in [0.1, 0.15) is 5.84 Å². The monoisotopic (exact) mass is 143 g/mol. The Labute approximate surface area is 60.0 Å². The maximum absolute atomic E-state index is 7.18. The Morgan fingerprint density at radius 3 is 2.20 bits per heavy atom. The van der Waals surface area contributed by atoms with E-state index < -0.39 is 5.54 Å². The fourth-order valence-electron chi connectivity index (χ4n) is 1.00. The summed E-state index contributed by atoms with van der Waals surface area (Å²) in [5.41, 5.74) is 10.5. The average molecular weight is 143 g/mol. The summed E-state index contributed by atoms with van der Waals surface area (Å²) in [5, 5.41) is 7.18. The van der Waals surface area contributed by atoms with Crippen molar-refractivity contribution in [2.45, 2.75) is 18.4 Å². The van der Waals surface area contributed by atoms with E-state index in [1.165, 1.54) is 0 Å². The van der Waals surface area contributed by atoms with Gasteiger partial charge >= 0.3 is 0 Å². The van der Waals surface area contributed by atoms with Gasteiger partial charge < -0.3 is 16.2 Å². The molecule has 0 radical (unpaired) electrons. The lowest BCUT2D eigenvalue weighted by Gasteiger charge is -2.31. The van der Waals surface area contributed by atoms with E-state index >= 15 is 0 Å². The van der Waals surface area contributed by atoms with Gasteiger partial charge in [-0.25, -0.2) is 0 Å². The highest BCUT2D eigenvalue weighted by Gasteiger charge is 2.30. The first-order valence-corrected chi connectivity index (χ1v) is 3.36. The Morgan fingerprint density at radius 1 is 1.40 bits per heavy atom. The molecule has 0 aromatic rings. The molecule has 0 saturated carbocycles. The van der Waals surface area contributed by atoms with Crippen LogP contribution in [0.3, 0.4) is 0 Å². The van der Waals surface area contributed by atoms with Crippen LogP contribution < -0.4 is 11.5 Å². The van der Waals surface area contributed by atoms with E-state index in [0.29, 0.717) is 26.1 Å². The lowest BCUT2D eigenvalue weighted by atomic mass is 9.90. The van der Waals surface area contributed by atoms with Crippen molar-refractivity contribution in [1.82, 2.24) is 0 Å². The number of nitrogens with two attached hydrogens (primary N) is 2. The van der Waals surface area contributed by atoms with Crippen LogP contribution in [0, 0.1) is 5.41 Å².